The number of cyclic esters (lactones) is 1. The van der Waals surface area contributed by atoms with Crippen molar-refractivity contribution in [3.8, 4) is 11.1 Å². The van der Waals surface area contributed by atoms with Crippen LogP contribution in [-0.2, 0) is 9.57 Å². The molecule has 0 bridgehead atoms. The van der Waals surface area contributed by atoms with Crippen LogP contribution in [0.2, 0.25) is 0 Å². The molecule has 2 amide bonds. The Kier molecular flexibility index (Phi) is 6.25. The Morgan fingerprint density at radius 2 is 1.92 bits per heavy atom. The summed E-state index contributed by atoms with van der Waals surface area (Å²) < 4.78 is 25.1. The average molecular weight is 496 g/mol. The maximum atomic E-state index is 15.1. The zero-order valence-electron chi connectivity index (χ0n) is 18.8. The zero-order chi connectivity index (χ0) is 25.2. The number of carbonyl (C=O) groups excluding carboxylic acids is 1. The first-order chi connectivity index (χ1) is 17.4. The summed E-state index contributed by atoms with van der Waals surface area (Å²) in [4.78, 5) is 31.3. The first kappa shape index (κ1) is 23.3. The second-order valence-electron chi connectivity index (χ2n) is 8.26. The molecule has 1 saturated heterocycles. The van der Waals surface area contributed by atoms with Gasteiger partial charge in [-0.3, -0.25) is 9.80 Å². The van der Waals surface area contributed by atoms with Crippen LogP contribution in [0.25, 0.3) is 11.1 Å². The van der Waals surface area contributed by atoms with E-state index in [2.05, 4.69) is 14.8 Å². The van der Waals surface area contributed by atoms with E-state index < -0.39 is 24.1 Å². The number of ether oxygens (including phenoxy) is 1. The number of hydrogen-bond donors (Lipinski definition) is 2. The highest BCUT2D eigenvalue weighted by molar-refractivity contribution is 6.01. The first-order valence-electron chi connectivity index (χ1n) is 11.1. The van der Waals surface area contributed by atoms with E-state index in [1.165, 1.54) is 23.3 Å². The van der Waals surface area contributed by atoms with Crippen molar-refractivity contribution >= 4 is 29.4 Å². The van der Waals surface area contributed by atoms with Gasteiger partial charge in [0.1, 0.15) is 18.2 Å². The van der Waals surface area contributed by atoms with Crippen molar-refractivity contribution in [2.45, 2.75) is 18.6 Å². The van der Waals surface area contributed by atoms with E-state index in [1.807, 2.05) is 0 Å². The molecule has 0 radical (unpaired) electrons. The van der Waals surface area contributed by atoms with E-state index in [0.717, 1.165) is 10.5 Å². The molecule has 12 heteroatoms. The number of aliphatic hydroxyl groups is 1. The molecule has 2 N–H and O–H groups in total. The van der Waals surface area contributed by atoms with Crippen LogP contribution in [0.4, 0.5) is 25.5 Å². The monoisotopic (exact) mass is 496 g/mol. The van der Waals surface area contributed by atoms with Crippen LogP contribution in [0.5, 0.6) is 0 Å². The summed E-state index contributed by atoms with van der Waals surface area (Å²) >= 11 is 0. The van der Waals surface area contributed by atoms with Gasteiger partial charge in [0.2, 0.25) is 0 Å². The molecule has 2 atom stereocenters. The number of hydrogen-bond acceptors (Lipinski definition) is 8. The Morgan fingerprint density at radius 1 is 1.14 bits per heavy atom. The highest BCUT2D eigenvalue weighted by atomic mass is 19.1. The first-order valence-corrected chi connectivity index (χ1v) is 11.1. The summed E-state index contributed by atoms with van der Waals surface area (Å²) in [5, 5.41) is 26.2. The predicted octanol–water partition coefficient (Wildman–Crippen LogP) is 3.48. The zero-order valence-corrected chi connectivity index (χ0v) is 18.8. The van der Waals surface area contributed by atoms with E-state index >= 15 is 4.39 Å². The van der Waals surface area contributed by atoms with E-state index in [4.69, 9.17) is 9.57 Å². The van der Waals surface area contributed by atoms with E-state index in [0.29, 0.717) is 23.3 Å². The number of oxime groups is 1. The molecular formula is C24H21FN4O7. The van der Waals surface area contributed by atoms with Gasteiger partial charge in [0, 0.05) is 18.1 Å². The third kappa shape index (κ3) is 4.58. The molecule has 3 aromatic rings. The number of rotatable bonds is 7. The van der Waals surface area contributed by atoms with Crippen molar-refractivity contribution in [2.75, 3.05) is 29.5 Å². The third-order valence-corrected chi connectivity index (χ3v) is 5.92. The normalized spacial score (nSPS) is 19.1. The lowest BCUT2D eigenvalue weighted by atomic mass is 9.99. The smallest absolute Gasteiger partial charge is 0.414 e. The molecule has 36 heavy (non-hydrogen) atoms. The lowest BCUT2D eigenvalue weighted by Gasteiger charge is -2.19. The highest BCUT2D eigenvalue weighted by Crippen LogP contribution is 2.30. The molecule has 0 saturated carbocycles. The lowest BCUT2D eigenvalue weighted by Crippen LogP contribution is -2.38. The molecule has 1 fully saturated rings. The van der Waals surface area contributed by atoms with Crippen LogP contribution in [-0.4, -0.2) is 65.2 Å². The van der Waals surface area contributed by atoms with Gasteiger partial charge in [-0.05, 0) is 29.3 Å². The van der Waals surface area contributed by atoms with Gasteiger partial charge in [-0.15, -0.1) is 0 Å². The average Bonchev–Trinajstić information content (AvgIpc) is 3.64. The van der Waals surface area contributed by atoms with E-state index in [1.54, 1.807) is 36.4 Å². The Hall–Kier alpha value is -4.45. The van der Waals surface area contributed by atoms with Crippen LogP contribution >= 0.6 is 0 Å². The highest BCUT2D eigenvalue weighted by Gasteiger charge is 2.35. The maximum Gasteiger partial charge on any atom is 0.414 e. The predicted molar refractivity (Wildman–Crippen MR) is 124 cm³/mol. The molecule has 0 aliphatic carbocycles. The fourth-order valence-corrected chi connectivity index (χ4v) is 4.09. The van der Waals surface area contributed by atoms with Crippen LogP contribution in [0.1, 0.15) is 12.0 Å². The van der Waals surface area contributed by atoms with Crippen molar-refractivity contribution in [2.24, 2.45) is 5.16 Å². The summed E-state index contributed by atoms with van der Waals surface area (Å²) in [6.45, 7) is -0.243. The van der Waals surface area contributed by atoms with E-state index in [9.17, 15) is 19.8 Å². The topological polar surface area (TPSA) is 138 Å². The Morgan fingerprint density at radius 3 is 2.56 bits per heavy atom. The third-order valence-electron chi connectivity index (χ3n) is 5.92. The molecule has 186 valence electrons. The molecule has 11 nitrogen and oxygen atoms in total. The molecule has 2 aliphatic rings. The van der Waals surface area contributed by atoms with E-state index in [-0.39, 0.29) is 37.3 Å². The molecule has 3 heterocycles. The van der Waals surface area contributed by atoms with Gasteiger partial charge in [-0.1, -0.05) is 34.6 Å². The summed E-state index contributed by atoms with van der Waals surface area (Å²) in [7, 11) is 0. The number of carbonyl (C=O) groups is 2. The van der Waals surface area contributed by atoms with Crippen molar-refractivity contribution < 1.29 is 38.3 Å². The van der Waals surface area contributed by atoms with Gasteiger partial charge in [-0.2, -0.15) is 0 Å². The molecule has 1 aromatic heterocycles. The Labute approximate surface area is 203 Å². The van der Waals surface area contributed by atoms with Crippen molar-refractivity contribution in [1.82, 2.24) is 5.16 Å². The summed E-state index contributed by atoms with van der Waals surface area (Å²) in [5.74, 6) is -0.465. The number of aromatic nitrogens is 1. The maximum absolute atomic E-state index is 15.1. The van der Waals surface area contributed by atoms with Crippen LogP contribution in [0.15, 0.2) is 64.5 Å². The number of benzene rings is 2. The number of aliphatic hydroxyl groups excluding tert-OH is 1. The minimum atomic E-state index is -1.28. The van der Waals surface area contributed by atoms with Crippen molar-refractivity contribution in [3.05, 3.63) is 66.2 Å². The standard InChI is InChI=1S/C24H21FN4O7/c25-20-9-16(28-11-18(35-24(28)33)12-29(23(31)32)22-7-8-34-27-22)5-6-19(20)14-1-3-15(4-2-14)21-10-17(13-30)36-26-21/h1-9,17-18,30H,10-13H2,(H,31,32)/t17?,18-/m1/s1. The molecule has 5 rings (SSSR count). The molecule has 1 unspecified atom stereocenters. The summed E-state index contributed by atoms with van der Waals surface area (Å²) in [6, 6.07) is 12.9. The summed E-state index contributed by atoms with van der Waals surface area (Å²) in [5.41, 5.74) is 2.79. The number of anilines is 2. The SMILES string of the molecule is O=C1O[C@@H](CN(C(=O)O)c2ccon2)CN1c1ccc(-c2ccc(C3=NOC(CO)C3)cc2)c(F)c1. The van der Waals surface area contributed by atoms with Crippen molar-refractivity contribution in [3.63, 3.8) is 0 Å². The molecular weight excluding hydrogens is 475 g/mol. The minimum absolute atomic E-state index is 0.0347. The molecule has 0 spiro atoms. The number of nitrogens with zero attached hydrogens (tertiary/aromatic N) is 4. The Bertz CT molecular complexity index is 1300. The molecule has 2 aliphatic heterocycles. The van der Waals surface area contributed by atoms with Crippen LogP contribution in [0, 0.1) is 5.82 Å². The van der Waals surface area contributed by atoms with Gasteiger partial charge in [0.15, 0.2) is 11.9 Å². The fourth-order valence-electron chi connectivity index (χ4n) is 4.09. The minimum Gasteiger partial charge on any atom is -0.465 e. The van der Waals surface area contributed by atoms with Crippen LogP contribution < -0.4 is 9.80 Å². The molecule has 2 aromatic carbocycles. The summed E-state index contributed by atoms with van der Waals surface area (Å²) in [6.07, 6.45) is -1.39. The second kappa shape index (κ2) is 9.66. The largest absolute Gasteiger partial charge is 0.465 e. The van der Waals surface area contributed by atoms with Gasteiger partial charge < -0.3 is 24.3 Å². The van der Waals surface area contributed by atoms with Gasteiger partial charge in [-0.25, -0.2) is 14.0 Å². The Balaban J connectivity index is 1.28. The second-order valence-corrected chi connectivity index (χ2v) is 8.26. The van der Waals surface area contributed by atoms with Gasteiger partial charge in [0.05, 0.1) is 31.1 Å². The quantitative estimate of drug-likeness (QED) is 0.507. The van der Waals surface area contributed by atoms with Gasteiger partial charge in [0.25, 0.3) is 0 Å². The van der Waals surface area contributed by atoms with Crippen LogP contribution in [0.3, 0.4) is 0 Å². The van der Waals surface area contributed by atoms with Gasteiger partial charge >= 0.3 is 12.2 Å². The van der Waals surface area contributed by atoms with Crippen molar-refractivity contribution in [1.29, 1.82) is 0 Å². The lowest BCUT2D eigenvalue weighted by molar-refractivity contribution is 0.0390. The number of halogens is 1. The number of amides is 2. The fraction of sp³-hybridized carbons (Fsp3) is 0.250. The number of carboxylic acid groups (broad SMARTS) is 1.